The number of esters is 1. The van der Waals surface area contributed by atoms with Crippen LogP contribution in [0.15, 0.2) is 27.7 Å². The number of aromatic hydroxyl groups is 1. The van der Waals surface area contributed by atoms with Gasteiger partial charge < -0.3 is 19.6 Å². The van der Waals surface area contributed by atoms with Crippen molar-refractivity contribution in [3.8, 4) is 5.75 Å². The van der Waals surface area contributed by atoms with E-state index in [1.807, 2.05) is 12.1 Å². The van der Waals surface area contributed by atoms with Crippen LogP contribution >= 0.6 is 0 Å². The van der Waals surface area contributed by atoms with Gasteiger partial charge in [0.15, 0.2) is 22.9 Å². The Hall–Kier alpha value is -3.09. The number of furan rings is 1. The highest BCUT2D eigenvalue weighted by molar-refractivity contribution is 6.21. The fourth-order valence-electron chi connectivity index (χ4n) is 3.65. The lowest BCUT2D eigenvalue weighted by Crippen LogP contribution is -2.23. The summed E-state index contributed by atoms with van der Waals surface area (Å²) in [5.74, 6) is 0.241. The highest BCUT2D eigenvalue weighted by Gasteiger charge is 2.28. The maximum absolute atomic E-state index is 12.4. The first kappa shape index (κ1) is 18.3. The lowest BCUT2D eigenvalue weighted by Gasteiger charge is -2.22. The molecule has 3 heterocycles. The predicted molar refractivity (Wildman–Crippen MR) is 107 cm³/mol. The van der Waals surface area contributed by atoms with Crippen LogP contribution in [0.3, 0.4) is 0 Å². The highest BCUT2D eigenvalue weighted by atomic mass is 16.5. The van der Waals surface area contributed by atoms with Crippen LogP contribution in [0.5, 0.6) is 5.75 Å². The van der Waals surface area contributed by atoms with E-state index in [2.05, 4.69) is 15.3 Å². The minimum Gasteiger partial charge on any atom is -0.504 e. The first-order valence-corrected chi connectivity index (χ1v) is 9.68. The van der Waals surface area contributed by atoms with Crippen molar-refractivity contribution >= 4 is 35.5 Å². The molecule has 0 bridgehead atoms. The average molecular weight is 381 g/mol. The molecule has 0 saturated heterocycles. The smallest absolute Gasteiger partial charge is 0.347 e. The number of ether oxygens (including phenoxy) is 1. The summed E-state index contributed by atoms with van der Waals surface area (Å²) in [5.41, 5.74) is 1.64. The van der Waals surface area contributed by atoms with E-state index in [4.69, 9.17) is 9.15 Å². The zero-order valence-corrected chi connectivity index (χ0v) is 15.8. The molecule has 1 fully saturated rings. The largest absolute Gasteiger partial charge is 0.504 e. The molecular formula is C21H23N3O4. The number of fused-ring (bicyclic) bond motifs is 1. The Bertz CT molecular complexity index is 939. The Morgan fingerprint density at radius 2 is 2.21 bits per heavy atom. The molecule has 4 rings (SSSR count). The van der Waals surface area contributed by atoms with Gasteiger partial charge in [0.25, 0.3) is 0 Å². The molecule has 146 valence electrons. The molecule has 1 aliphatic heterocycles. The molecule has 7 nitrogen and oxygen atoms in total. The van der Waals surface area contributed by atoms with Crippen LogP contribution in [0, 0.1) is 0 Å². The second-order valence-corrected chi connectivity index (χ2v) is 6.95. The fraction of sp³-hybridized carbons (Fsp3) is 0.381. The first-order valence-electron chi connectivity index (χ1n) is 9.68. The van der Waals surface area contributed by atoms with E-state index in [0.717, 1.165) is 36.8 Å². The third-order valence-corrected chi connectivity index (χ3v) is 5.04. The minimum absolute atomic E-state index is 0.0422. The van der Waals surface area contributed by atoms with Crippen LogP contribution in [-0.2, 0) is 4.74 Å². The lowest BCUT2D eigenvalue weighted by atomic mass is 9.95. The summed E-state index contributed by atoms with van der Waals surface area (Å²) in [6.07, 6.45) is 10.5. The van der Waals surface area contributed by atoms with Gasteiger partial charge in [-0.05, 0) is 38.0 Å². The van der Waals surface area contributed by atoms with Crippen molar-refractivity contribution in [3.05, 3.63) is 35.2 Å². The fourth-order valence-corrected chi connectivity index (χ4v) is 3.65. The van der Waals surface area contributed by atoms with E-state index < -0.39 is 5.97 Å². The van der Waals surface area contributed by atoms with Crippen LogP contribution in [0.25, 0.3) is 11.6 Å². The number of hydrogen-bond acceptors (Lipinski definition) is 7. The number of carbonyl (C=O) groups is 1. The van der Waals surface area contributed by atoms with Crippen LogP contribution in [-0.4, -0.2) is 34.9 Å². The zero-order chi connectivity index (χ0) is 19.5. The summed E-state index contributed by atoms with van der Waals surface area (Å²) >= 11 is 0. The maximum Gasteiger partial charge on any atom is 0.347 e. The van der Waals surface area contributed by atoms with Crippen molar-refractivity contribution in [2.45, 2.75) is 45.1 Å². The van der Waals surface area contributed by atoms with Gasteiger partial charge >= 0.3 is 5.97 Å². The maximum atomic E-state index is 12.4. The van der Waals surface area contributed by atoms with Crippen LogP contribution in [0.1, 0.15) is 60.7 Å². The van der Waals surface area contributed by atoms with Gasteiger partial charge in [0, 0.05) is 29.6 Å². The molecule has 2 aromatic heterocycles. The number of aliphatic imine (C=N–C) groups is 1. The summed E-state index contributed by atoms with van der Waals surface area (Å²) in [4.78, 5) is 20.9. The number of anilines is 1. The molecule has 0 spiro atoms. The van der Waals surface area contributed by atoms with E-state index in [1.165, 1.54) is 6.42 Å². The summed E-state index contributed by atoms with van der Waals surface area (Å²) in [6, 6.07) is 3.93. The van der Waals surface area contributed by atoms with Gasteiger partial charge in [0.1, 0.15) is 0 Å². The number of pyridine rings is 1. The second kappa shape index (κ2) is 7.88. The molecule has 0 aromatic carbocycles. The SMILES string of the molecule is CCOC(=O)c1c(NC2CCCCC2)oc(C=C2C=Nc3ncccc32)c1O. The molecule has 0 radical (unpaired) electrons. The molecule has 0 unspecified atom stereocenters. The second-order valence-electron chi connectivity index (χ2n) is 6.95. The van der Waals surface area contributed by atoms with E-state index in [-0.39, 0.29) is 35.6 Å². The highest BCUT2D eigenvalue weighted by Crippen LogP contribution is 2.39. The molecule has 7 heteroatoms. The Morgan fingerprint density at radius 1 is 1.39 bits per heavy atom. The molecule has 0 atom stereocenters. The van der Waals surface area contributed by atoms with Crippen molar-refractivity contribution < 1.29 is 19.1 Å². The first-order chi connectivity index (χ1) is 13.7. The summed E-state index contributed by atoms with van der Waals surface area (Å²) in [5, 5.41) is 14.0. The van der Waals surface area contributed by atoms with Crippen molar-refractivity contribution in [1.82, 2.24) is 4.98 Å². The van der Waals surface area contributed by atoms with E-state index in [9.17, 15) is 9.90 Å². The number of aromatic nitrogens is 1. The standard InChI is InChI=1S/C21H23N3O4/c1-2-27-21(26)17-18(25)16(28-20(17)24-14-7-4-3-5-8-14)11-13-12-23-19-15(13)9-6-10-22-19/h6,9-12,14,24-25H,2-5,7-8H2,1H3. The molecule has 1 saturated carbocycles. The molecule has 2 N–H and O–H groups in total. The summed E-state index contributed by atoms with van der Waals surface area (Å²) in [7, 11) is 0. The van der Waals surface area contributed by atoms with E-state index in [0.29, 0.717) is 5.82 Å². The zero-order valence-electron chi connectivity index (χ0n) is 15.8. The molecule has 28 heavy (non-hydrogen) atoms. The molecule has 2 aromatic rings. The number of carbonyl (C=O) groups excluding carboxylic acids is 1. The van der Waals surface area contributed by atoms with Gasteiger partial charge in [0.05, 0.1) is 6.61 Å². The Morgan fingerprint density at radius 3 is 3.00 bits per heavy atom. The number of nitrogens with one attached hydrogen (secondary N) is 1. The minimum atomic E-state index is -0.603. The normalized spacial score (nSPS) is 17.7. The number of allylic oxidation sites excluding steroid dienone is 1. The van der Waals surface area contributed by atoms with Crippen molar-refractivity contribution in [2.24, 2.45) is 4.99 Å². The van der Waals surface area contributed by atoms with Gasteiger partial charge in [0.2, 0.25) is 5.88 Å². The van der Waals surface area contributed by atoms with Crippen LogP contribution < -0.4 is 5.32 Å². The van der Waals surface area contributed by atoms with Crippen LogP contribution in [0.2, 0.25) is 0 Å². The molecule has 1 aliphatic carbocycles. The third-order valence-electron chi connectivity index (χ3n) is 5.04. The van der Waals surface area contributed by atoms with Crippen molar-refractivity contribution in [1.29, 1.82) is 0 Å². The van der Waals surface area contributed by atoms with Gasteiger partial charge in [-0.15, -0.1) is 0 Å². The van der Waals surface area contributed by atoms with Gasteiger partial charge in [-0.3, -0.25) is 0 Å². The topological polar surface area (TPSA) is 97.0 Å². The number of hydrogen-bond donors (Lipinski definition) is 2. The average Bonchev–Trinajstić information content (AvgIpc) is 3.24. The third kappa shape index (κ3) is 3.52. The molecule has 0 amide bonds. The van der Waals surface area contributed by atoms with Crippen molar-refractivity contribution in [3.63, 3.8) is 0 Å². The van der Waals surface area contributed by atoms with Gasteiger partial charge in [-0.25, -0.2) is 14.8 Å². The Balaban J connectivity index is 1.70. The Kier molecular flexibility index (Phi) is 5.14. The Labute approximate surface area is 163 Å². The predicted octanol–water partition coefficient (Wildman–Crippen LogP) is 4.56. The quantitative estimate of drug-likeness (QED) is 0.737. The number of rotatable bonds is 5. The van der Waals surface area contributed by atoms with Crippen LogP contribution in [0.4, 0.5) is 11.7 Å². The van der Waals surface area contributed by atoms with Crippen molar-refractivity contribution in [2.75, 3.05) is 11.9 Å². The van der Waals surface area contributed by atoms with Gasteiger partial charge in [-0.2, -0.15) is 0 Å². The van der Waals surface area contributed by atoms with E-state index >= 15 is 0 Å². The summed E-state index contributed by atoms with van der Waals surface area (Å²) < 4.78 is 11.0. The summed E-state index contributed by atoms with van der Waals surface area (Å²) in [6.45, 7) is 1.94. The number of nitrogens with zero attached hydrogens (tertiary/aromatic N) is 2. The van der Waals surface area contributed by atoms with Gasteiger partial charge in [-0.1, -0.05) is 19.3 Å². The lowest BCUT2D eigenvalue weighted by molar-refractivity contribution is 0.0524. The molecule has 2 aliphatic rings. The van der Waals surface area contributed by atoms with E-state index in [1.54, 1.807) is 25.4 Å². The molecular weight excluding hydrogens is 358 g/mol. The monoisotopic (exact) mass is 381 g/mol.